The molecule has 5 nitrogen and oxygen atoms in total. The third-order valence-electron chi connectivity index (χ3n) is 3.52. The molecule has 1 heterocycles. The molecule has 1 saturated heterocycles. The van der Waals surface area contributed by atoms with Gasteiger partial charge in [0, 0.05) is 0 Å². The number of carbonyl (C=O) groups excluding carboxylic acids is 2. The molecule has 0 radical (unpaired) electrons. The van der Waals surface area contributed by atoms with Gasteiger partial charge in [0.25, 0.3) is 0 Å². The lowest BCUT2D eigenvalue weighted by molar-refractivity contribution is -0.122. The monoisotopic (exact) mass is 269 g/mol. The van der Waals surface area contributed by atoms with Crippen molar-refractivity contribution in [1.82, 2.24) is 0 Å². The number of aromatic carboxylic acids is 1. The Morgan fingerprint density at radius 2 is 1.45 bits per heavy atom. The summed E-state index contributed by atoms with van der Waals surface area (Å²) in [5.41, 5.74) is 0.520. The Kier molecular flexibility index (Phi) is 2.75. The second kappa shape index (κ2) is 4.45. The minimum Gasteiger partial charge on any atom is -0.478 e. The molecule has 0 bridgehead atoms. The number of hydrogen-bond acceptors (Lipinski definition) is 3. The van der Waals surface area contributed by atoms with Gasteiger partial charge in [-0.1, -0.05) is 24.3 Å². The Bertz CT molecular complexity index is 627. The number of fused-ring (bicyclic) bond motifs is 1. The Morgan fingerprint density at radius 3 is 1.90 bits per heavy atom. The molecule has 1 N–H and O–H groups in total. The van der Waals surface area contributed by atoms with E-state index in [1.807, 2.05) is 0 Å². The lowest BCUT2D eigenvalue weighted by atomic mass is 9.91. The van der Waals surface area contributed by atoms with Gasteiger partial charge in [0.2, 0.25) is 11.8 Å². The Labute approximate surface area is 114 Å². The zero-order chi connectivity index (χ0) is 14.3. The quantitative estimate of drug-likeness (QED) is 0.828. The molecule has 0 spiro atoms. The van der Waals surface area contributed by atoms with E-state index in [4.69, 9.17) is 5.11 Å². The van der Waals surface area contributed by atoms with Crippen molar-refractivity contribution in [1.29, 1.82) is 0 Å². The van der Waals surface area contributed by atoms with E-state index in [0.717, 1.165) is 4.90 Å². The molecule has 1 fully saturated rings. The summed E-state index contributed by atoms with van der Waals surface area (Å²) in [5.74, 6) is -2.50. The molecule has 100 valence electrons. The maximum atomic E-state index is 12.3. The number of allylic oxidation sites excluding steroid dienone is 2. The van der Waals surface area contributed by atoms with Crippen LogP contribution in [0.2, 0.25) is 0 Å². The Morgan fingerprint density at radius 1 is 0.950 bits per heavy atom. The first-order valence-electron chi connectivity index (χ1n) is 6.16. The Hall–Kier alpha value is -2.69. The fraction of sp³-hybridized carbons (Fsp3) is 0.133. The molecule has 1 aliphatic heterocycles. The molecule has 1 aromatic carbocycles. The van der Waals surface area contributed by atoms with E-state index in [1.165, 1.54) is 24.3 Å². The lowest BCUT2D eigenvalue weighted by Crippen LogP contribution is -2.30. The van der Waals surface area contributed by atoms with E-state index in [0.29, 0.717) is 5.69 Å². The molecule has 2 amide bonds. The van der Waals surface area contributed by atoms with Crippen molar-refractivity contribution < 1.29 is 19.5 Å². The standard InChI is InChI=1S/C15H11NO4/c17-13-11-3-1-2-4-12(11)14(18)16(13)10-7-5-9(6-8-10)15(19)20/h1-8,11-12H,(H,19,20)/t11-,12-/m1/s1. The minimum atomic E-state index is -1.05. The molecule has 0 unspecified atom stereocenters. The highest BCUT2D eigenvalue weighted by Crippen LogP contribution is 2.34. The topological polar surface area (TPSA) is 74.7 Å². The zero-order valence-electron chi connectivity index (χ0n) is 10.4. The molecule has 5 heteroatoms. The fourth-order valence-corrected chi connectivity index (χ4v) is 2.49. The van der Waals surface area contributed by atoms with Gasteiger partial charge in [-0.15, -0.1) is 0 Å². The second-order valence-electron chi connectivity index (χ2n) is 4.69. The van der Waals surface area contributed by atoms with E-state index < -0.39 is 17.8 Å². The van der Waals surface area contributed by atoms with Crippen molar-refractivity contribution in [3.8, 4) is 0 Å². The summed E-state index contributed by atoms with van der Waals surface area (Å²) in [4.78, 5) is 36.5. The number of benzene rings is 1. The molecule has 1 aliphatic carbocycles. The van der Waals surface area contributed by atoms with Crippen LogP contribution in [0.1, 0.15) is 10.4 Å². The number of nitrogens with zero attached hydrogens (tertiary/aromatic N) is 1. The van der Waals surface area contributed by atoms with Crippen LogP contribution in [0.15, 0.2) is 48.6 Å². The summed E-state index contributed by atoms with van der Waals surface area (Å²) in [6.45, 7) is 0. The van der Waals surface area contributed by atoms with Crippen molar-refractivity contribution in [2.45, 2.75) is 0 Å². The van der Waals surface area contributed by atoms with Crippen LogP contribution in [0.5, 0.6) is 0 Å². The number of carboxylic acids is 1. The van der Waals surface area contributed by atoms with E-state index in [9.17, 15) is 14.4 Å². The van der Waals surface area contributed by atoms with Crippen molar-refractivity contribution >= 4 is 23.5 Å². The Balaban J connectivity index is 1.96. The maximum Gasteiger partial charge on any atom is 0.335 e. The lowest BCUT2D eigenvalue weighted by Gasteiger charge is -2.14. The van der Waals surface area contributed by atoms with E-state index in [-0.39, 0.29) is 17.4 Å². The van der Waals surface area contributed by atoms with Crippen molar-refractivity contribution in [3.05, 3.63) is 54.1 Å². The average molecular weight is 269 g/mol. The normalized spacial score (nSPS) is 24.1. The van der Waals surface area contributed by atoms with Crippen LogP contribution >= 0.6 is 0 Å². The highest BCUT2D eigenvalue weighted by molar-refractivity contribution is 6.23. The number of carboxylic acid groups (broad SMARTS) is 1. The molecule has 20 heavy (non-hydrogen) atoms. The molecule has 0 aromatic heterocycles. The first kappa shape index (κ1) is 12.3. The van der Waals surface area contributed by atoms with Crippen molar-refractivity contribution in [3.63, 3.8) is 0 Å². The van der Waals surface area contributed by atoms with Gasteiger partial charge in [0.1, 0.15) is 0 Å². The smallest absolute Gasteiger partial charge is 0.335 e. The summed E-state index contributed by atoms with van der Waals surface area (Å²) in [5, 5.41) is 8.85. The number of rotatable bonds is 2. The molecule has 2 aliphatic rings. The predicted octanol–water partition coefficient (Wildman–Crippen LogP) is 1.62. The van der Waals surface area contributed by atoms with Crippen LogP contribution in [0, 0.1) is 11.8 Å². The highest BCUT2D eigenvalue weighted by Gasteiger charge is 2.46. The van der Waals surface area contributed by atoms with Crippen LogP contribution in [0.3, 0.4) is 0 Å². The summed E-state index contributed by atoms with van der Waals surface area (Å²) in [7, 11) is 0. The van der Waals surface area contributed by atoms with Crippen LogP contribution in [0.4, 0.5) is 5.69 Å². The molecule has 0 saturated carbocycles. The minimum absolute atomic E-state index is 0.116. The van der Waals surface area contributed by atoms with Gasteiger partial charge in [-0.3, -0.25) is 9.59 Å². The molecular formula is C15H11NO4. The number of imide groups is 1. The van der Waals surface area contributed by atoms with Gasteiger partial charge >= 0.3 is 5.97 Å². The van der Waals surface area contributed by atoms with Gasteiger partial charge in [0.05, 0.1) is 23.1 Å². The van der Waals surface area contributed by atoms with Gasteiger partial charge < -0.3 is 5.11 Å². The number of anilines is 1. The first-order chi connectivity index (χ1) is 9.59. The van der Waals surface area contributed by atoms with E-state index in [1.54, 1.807) is 24.3 Å². The van der Waals surface area contributed by atoms with Gasteiger partial charge in [-0.25, -0.2) is 9.69 Å². The first-order valence-corrected chi connectivity index (χ1v) is 6.16. The predicted molar refractivity (Wildman–Crippen MR) is 71.2 cm³/mol. The molecule has 2 atom stereocenters. The van der Waals surface area contributed by atoms with Crippen molar-refractivity contribution in [2.75, 3.05) is 4.90 Å². The van der Waals surface area contributed by atoms with Gasteiger partial charge in [-0.05, 0) is 24.3 Å². The second-order valence-corrected chi connectivity index (χ2v) is 4.69. The maximum absolute atomic E-state index is 12.3. The molecular weight excluding hydrogens is 258 g/mol. The van der Waals surface area contributed by atoms with Crippen molar-refractivity contribution in [2.24, 2.45) is 11.8 Å². The van der Waals surface area contributed by atoms with Crippen LogP contribution in [-0.4, -0.2) is 22.9 Å². The summed E-state index contributed by atoms with van der Waals surface area (Å²) in [6, 6.07) is 5.71. The number of carbonyl (C=O) groups is 3. The summed E-state index contributed by atoms with van der Waals surface area (Å²) < 4.78 is 0. The number of amides is 2. The van der Waals surface area contributed by atoms with Gasteiger partial charge in [-0.2, -0.15) is 0 Å². The van der Waals surface area contributed by atoms with Crippen LogP contribution < -0.4 is 4.90 Å². The largest absolute Gasteiger partial charge is 0.478 e. The molecule has 1 aromatic rings. The van der Waals surface area contributed by atoms with Crippen LogP contribution in [0.25, 0.3) is 0 Å². The number of hydrogen-bond donors (Lipinski definition) is 1. The SMILES string of the molecule is O=C(O)c1ccc(N2C(=O)[C@@H]3C=CC=C[C@H]3C2=O)cc1. The van der Waals surface area contributed by atoms with Gasteiger partial charge in [0.15, 0.2) is 0 Å². The van der Waals surface area contributed by atoms with E-state index in [2.05, 4.69) is 0 Å². The van der Waals surface area contributed by atoms with Crippen LogP contribution in [-0.2, 0) is 9.59 Å². The summed E-state index contributed by atoms with van der Waals surface area (Å²) >= 11 is 0. The molecule has 3 rings (SSSR count). The highest BCUT2D eigenvalue weighted by atomic mass is 16.4. The fourth-order valence-electron chi connectivity index (χ4n) is 2.49. The zero-order valence-corrected chi connectivity index (χ0v) is 10.4. The third-order valence-corrected chi connectivity index (χ3v) is 3.52. The third kappa shape index (κ3) is 1.75. The average Bonchev–Trinajstić information content (AvgIpc) is 2.72. The van der Waals surface area contributed by atoms with E-state index >= 15 is 0 Å². The summed E-state index contributed by atoms with van der Waals surface area (Å²) in [6.07, 6.45) is 6.94.